The molecule has 86 valence electrons. The first-order valence-corrected chi connectivity index (χ1v) is 5.38. The van der Waals surface area contributed by atoms with E-state index in [0.717, 1.165) is 17.1 Å². The van der Waals surface area contributed by atoms with Gasteiger partial charge in [-0.15, -0.1) is 0 Å². The minimum absolute atomic E-state index is 0.0933. The second-order valence-corrected chi connectivity index (χ2v) is 4.07. The zero-order chi connectivity index (χ0) is 11.7. The smallest absolute Gasteiger partial charge is 0.246 e. The minimum atomic E-state index is 0.0933. The largest absolute Gasteiger partial charge is 0.495 e. The van der Waals surface area contributed by atoms with Crippen LogP contribution in [0.1, 0.15) is 13.8 Å². The summed E-state index contributed by atoms with van der Waals surface area (Å²) in [5.41, 5.74) is 1.80. The van der Waals surface area contributed by atoms with Crippen LogP contribution in [0, 0.1) is 0 Å². The molecule has 0 saturated heterocycles. The lowest BCUT2D eigenvalue weighted by atomic mass is 10.1. The Kier molecular flexibility index (Phi) is 2.73. The van der Waals surface area contributed by atoms with Gasteiger partial charge in [-0.25, -0.2) is 0 Å². The molecule has 0 unspecified atom stereocenters. The van der Waals surface area contributed by atoms with Gasteiger partial charge in [-0.2, -0.15) is 0 Å². The maximum atomic E-state index is 11.8. The van der Waals surface area contributed by atoms with E-state index in [-0.39, 0.29) is 11.9 Å². The molecule has 1 heterocycles. The fourth-order valence-electron chi connectivity index (χ4n) is 2.02. The summed E-state index contributed by atoms with van der Waals surface area (Å²) in [4.78, 5) is 13.6. The average Bonchev–Trinajstić information content (AvgIpc) is 2.27. The number of para-hydroxylation sites is 1. The molecular formula is C12H16N2O2. The second-order valence-electron chi connectivity index (χ2n) is 4.07. The minimum Gasteiger partial charge on any atom is -0.495 e. The van der Waals surface area contributed by atoms with Crippen LogP contribution in [-0.2, 0) is 4.79 Å². The van der Waals surface area contributed by atoms with E-state index in [1.807, 2.05) is 32.0 Å². The van der Waals surface area contributed by atoms with Gasteiger partial charge < -0.3 is 15.0 Å². The van der Waals surface area contributed by atoms with E-state index in [1.54, 1.807) is 12.0 Å². The number of hydrogen-bond donors (Lipinski definition) is 1. The van der Waals surface area contributed by atoms with Gasteiger partial charge in [0.25, 0.3) is 0 Å². The zero-order valence-electron chi connectivity index (χ0n) is 9.78. The maximum absolute atomic E-state index is 11.8. The number of fused-ring (bicyclic) bond motifs is 1. The van der Waals surface area contributed by atoms with Crippen molar-refractivity contribution in [1.82, 2.24) is 0 Å². The van der Waals surface area contributed by atoms with Crippen LogP contribution in [0.25, 0.3) is 0 Å². The predicted molar refractivity (Wildman–Crippen MR) is 64.1 cm³/mol. The van der Waals surface area contributed by atoms with Crippen molar-refractivity contribution in [2.45, 2.75) is 19.9 Å². The lowest BCUT2D eigenvalue weighted by Crippen LogP contribution is -2.44. The summed E-state index contributed by atoms with van der Waals surface area (Å²) in [7, 11) is 1.63. The quantitative estimate of drug-likeness (QED) is 0.827. The molecule has 0 bridgehead atoms. The van der Waals surface area contributed by atoms with Gasteiger partial charge in [-0.05, 0) is 26.0 Å². The number of anilines is 2. The number of rotatable bonds is 2. The topological polar surface area (TPSA) is 41.6 Å². The summed E-state index contributed by atoms with van der Waals surface area (Å²) in [6.45, 7) is 4.34. The van der Waals surface area contributed by atoms with E-state index in [2.05, 4.69) is 5.32 Å². The molecule has 0 fully saturated rings. The Morgan fingerprint density at radius 3 is 2.81 bits per heavy atom. The molecule has 1 aliphatic rings. The molecule has 1 aromatic rings. The third-order valence-corrected chi connectivity index (χ3v) is 2.69. The molecule has 2 rings (SSSR count). The van der Waals surface area contributed by atoms with Crippen LogP contribution in [0.3, 0.4) is 0 Å². The van der Waals surface area contributed by atoms with E-state index < -0.39 is 0 Å². The van der Waals surface area contributed by atoms with Crippen molar-refractivity contribution < 1.29 is 9.53 Å². The molecule has 1 aliphatic heterocycles. The number of amides is 1. The predicted octanol–water partition coefficient (Wildman–Crippen LogP) is 1.86. The fraction of sp³-hybridized carbons (Fsp3) is 0.417. The normalized spacial score (nSPS) is 14.8. The van der Waals surface area contributed by atoms with Crippen LogP contribution >= 0.6 is 0 Å². The molecule has 16 heavy (non-hydrogen) atoms. The Bertz CT molecular complexity index is 415. The van der Waals surface area contributed by atoms with Crippen molar-refractivity contribution in [3.05, 3.63) is 18.2 Å². The summed E-state index contributed by atoms with van der Waals surface area (Å²) in [5, 5.41) is 3.10. The van der Waals surface area contributed by atoms with Crippen molar-refractivity contribution in [1.29, 1.82) is 0 Å². The summed E-state index contributed by atoms with van der Waals surface area (Å²) in [6, 6.07) is 5.87. The van der Waals surface area contributed by atoms with E-state index in [4.69, 9.17) is 4.74 Å². The summed E-state index contributed by atoms with van der Waals surface area (Å²) < 4.78 is 5.28. The van der Waals surface area contributed by atoms with Gasteiger partial charge in [-0.3, -0.25) is 4.79 Å². The molecule has 1 aromatic carbocycles. The van der Waals surface area contributed by atoms with Gasteiger partial charge in [0.2, 0.25) is 5.91 Å². The zero-order valence-corrected chi connectivity index (χ0v) is 9.78. The summed E-state index contributed by atoms with van der Waals surface area (Å²) in [6.07, 6.45) is 0. The van der Waals surface area contributed by atoms with Crippen LogP contribution in [0.5, 0.6) is 5.75 Å². The average molecular weight is 220 g/mol. The number of carbonyl (C=O) groups excluding carboxylic acids is 1. The molecule has 0 spiro atoms. The Balaban J connectivity index is 2.52. The van der Waals surface area contributed by atoms with Crippen LogP contribution in [0.15, 0.2) is 18.2 Å². The molecule has 0 saturated carbocycles. The number of carbonyl (C=O) groups is 1. The first-order chi connectivity index (χ1) is 7.65. The second kappa shape index (κ2) is 4.04. The van der Waals surface area contributed by atoms with Gasteiger partial charge in [0.15, 0.2) is 0 Å². The standard InChI is InChI=1S/C12H16N2O2/c1-8(2)14-9-5-4-6-10(16-3)12(9)13-7-11(14)15/h4-6,8,13H,7H2,1-3H3. The van der Waals surface area contributed by atoms with Crippen molar-refractivity contribution >= 4 is 17.3 Å². The van der Waals surface area contributed by atoms with Crippen molar-refractivity contribution in [2.24, 2.45) is 0 Å². The number of ether oxygens (including phenoxy) is 1. The molecule has 4 heteroatoms. The monoisotopic (exact) mass is 220 g/mol. The van der Waals surface area contributed by atoms with Gasteiger partial charge in [0.1, 0.15) is 11.4 Å². The molecule has 0 atom stereocenters. The molecule has 0 aromatic heterocycles. The highest BCUT2D eigenvalue weighted by Gasteiger charge is 2.27. The molecule has 0 radical (unpaired) electrons. The van der Waals surface area contributed by atoms with E-state index >= 15 is 0 Å². The van der Waals surface area contributed by atoms with E-state index in [1.165, 1.54) is 0 Å². The Hall–Kier alpha value is -1.71. The Labute approximate surface area is 95.2 Å². The number of nitrogens with zero attached hydrogens (tertiary/aromatic N) is 1. The molecule has 1 amide bonds. The van der Waals surface area contributed by atoms with Crippen molar-refractivity contribution in [2.75, 3.05) is 23.9 Å². The van der Waals surface area contributed by atoms with E-state index in [0.29, 0.717) is 6.54 Å². The third kappa shape index (κ3) is 1.60. The number of nitrogens with one attached hydrogen (secondary N) is 1. The molecule has 0 aliphatic carbocycles. The van der Waals surface area contributed by atoms with Crippen LogP contribution in [0.2, 0.25) is 0 Å². The van der Waals surface area contributed by atoms with Crippen LogP contribution < -0.4 is 15.0 Å². The van der Waals surface area contributed by atoms with Gasteiger partial charge >= 0.3 is 0 Å². The highest BCUT2D eigenvalue weighted by atomic mass is 16.5. The van der Waals surface area contributed by atoms with Crippen LogP contribution in [0.4, 0.5) is 11.4 Å². The Morgan fingerprint density at radius 1 is 1.44 bits per heavy atom. The number of hydrogen-bond acceptors (Lipinski definition) is 3. The van der Waals surface area contributed by atoms with Gasteiger partial charge in [-0.1, -0.05) is 6.07 Å². The fourth-order valence-corrected chi connectivity index (χ4v) is 2.02. The Morgan fingerprint density at radius 2 is 2.19 bits per heavy atom. The first-order valence-electron chi connectivity index (χ1n) is 5.38. The van der Waals surface area contributed by atoms with Crippen molar-refractivity contribution in [3.63, 3.8) is 0 Å². The summed E-state index contributed by atoms with van der Waals surface area (Å²) in [5.74, 6) is 0.867. The number of benzene rings is 1. The summed E-state index contributed by atoms with van der Waals surface area (Å²) >= 11 is 0. The lowest BCUT2D eigenvalue weighted by molar-refractivity contribution is -0.117. The highest BCUT2D eigenvalue weighted by molar-refractivity contribution is 6.04. The lowest BCUT2D eigenvalue weighted by Gasteiger charge is -2.33. The van der Waals surface area contributed by atoms with E-state index in [9.17, 15) is 4.79 Å². The highest BCUT2D eigenvalue weighted by Crippen LogP contribution is 2.38. The van der Waals surface area contributed by atoms with Crippen LogP contribution in [-0.4, -0.2) is 25.6 Å². The SMILES string of the molecule is COc1cccc2c1NCC(=O)N2C(C)C. The van der Waals surface area contributed by atoms with Gasteiger partial charge in [0.05, 0.1) is 19.3 Å². The molecular weight excluding hydrogens is 204 g/mol. The third-order valence-electron chi connectivity index (χ3n) is 2.69. The first kappa shape index (κ1) is 10.8. The van der Waals surface area contributed by atoms with Gasteiger partial charge in [0, 0.05) is 6.04 Å². The maximum Gasteiger partial charge on any atom is 0.246 e. The number of methoxy groups -OCH3 is 1. The molecule has 1 N–H and O–H groups in total. The molecule has 4 nitrogen and oxygen atoms in total. The van der Waals surface area contributed by atoms with Crippen molar-refractivity contribution in [3.8, 4) is 5.75 Å².